The Morgan fingerprint density at radius 3 is 2.76 bits per heavy atom. The fourth-order valence-corrected chi connectivity index (χ4v) is 5.30. The lowest BCUT2D eigenvalue weighted by Gasteiger charge is -2.26. The maximum Gasteiger partial charge on any atom is 0.185 e. The summed E-state index contributed by atoms with van der Waals surface area (Å²) in [5.74, 6) is 2.96. The molecule has 3 rings (SSSR count). The van der Waals surface area contributed by atoms with Crippen molar-refractivity contribution < 1.29 is 0 Å². The first-order chi connectivity index (χ1) is 10.2. The summed E-state index contributed by atoms with van der Waals surface area (Å²) in [6.07, 6.45) is 6.98. The summed E-state index contributed by atoms with van der Waals surface area (Å²) in [4.78, 5) is 8.74. The van der Waals surface area contributed by atoms with E-state index in [0.717, 1.165) is 37.3 Å². The first-order valence-electron chi connectivity index (χ1n) is 8.61. The number of nitrogens with one attached hydrogen (secondary N) is 1. The molecule has 1 N–H and O–H groups in total. The lowest BCUT2D eigenvalue weighted by atomic mass is 9.88. The number of anilines is 1. The Morgan fingerprint density at radius 1 is 1.29 bits per heavy atom. The second-order valence-electron chi connectivity index (χ2n) is 6.82. The molecule has 0 aliphatic heterocycles. The lowest BCUT2D eigenvalue weighted by Crippen LogP contribution is -2.28. The van der Waals surface area contributed by atoms with Crippen molar-refractivity contribution in [2.75, 3.05) is 25.0 Å². The third kappa shape index (κ3) is 3.26. The van der Waals surface area contributed by atoms with Gasteiger partial charge in [0.2, 0.25) is 0 Å². The molecule has 2 aliphatic carbocycles. The molecule has 2 aliphatic rings. The maximum absolute atomic E-state index is 4.89. The molecule has 0 saturated heterocycles. The van der Waals surface area contributed by atoms with Crippen molar-refractivity contribution in [1.82, 2.24) is 10.3 Å². The molecule has 118 valence electrons. The lowest BCUT2D eigenvalue weighted by molar-refractivity contribution is 0.337. The van der Waals surface area contributed by atoms with Gasteiger partial charge in [-0.25, -0.2) is 4.98 Å². The topological polar surface area (TPSA) is 28.2 Å². The third-order valence-corrected chi connectivity index (χ3v) is 6.57. The molecule has 3 nitrogen and oxygen atoms in total. The number of aryl methyl sites for hydroxylation is 1. The van der Waals surface area contributed by atoms with Crippen LogP contribution in [0.3, 0.4) is 0 Å². The highest BCUT2D eigenvalue weighted by Crippen LogP contribution is 2.48. The van der Waals surface area contributed by atoms with E-state index in [1.54, 1.807) is 0 Å². The number of hydrogen-bond acceptors (Lipinski definition) is 4. The predicted octanol–water partition coefficient (Wildman–Crippen LogP) is 3.69. The van der Waals surface area contributed by atoms with Gasteiger partial charge in [0.25, 0.3) is 0 Å². The summed E-state index contributed by atoms with van der Waals surface area (Å²) in [6, 6.07) is 0. The molecular weight excluding hydrogens is 278 g/mol. The number of hydrogen-bond donors (Lipinski definition) is 1. The van der Waals surface area contributed by atoms with Gasteiger partial charge in [0.1, 0.15) is 0 Å². The second-order valence-corrected chi connectivity index (χ2v) is 7.88. The Balaban J connectivity index is 1.63. The summed E-state index contributed by atoms with van der Waals surface area (Å²) < 4.78 is 0. The minimum atomic E-state index is 0.917. The van der Waals surface area contributed by atoms with E-state index in [1.165, 1.54) is 47.9 Å². The first kappa shape index (κ1) is 15.3. The van der Waals surface area contributed by atoms with E-state index < -0.39 is 0 Å². The molecule has 3 unspecified atom stereocenters. The number of thiazole rings is 1. The van der Waals surface area contributed by atoms with Crippen molar-refractivity contribution >= 4 is 16.5 Å². The predicted molar refractivity (Wildman–Crippen MR) is 91.1 cm³/mol. The van der Waals surface area contributed by atoms with E-state index in [4.69, 9.17) is 4.98 Å². The third-order valence-electron chi connectivity index (χ3n) is 5.36. The second kappa shape index (κ2) is 6.66. The average molecular weight is 308 g/mol. The number of aromatic nitrogens is 1. The molecule has 1 aromatic heterocycles. The van der Waals surface area contributed by atoms with Gasteiger partial charge in [0.05, 0.1) is 5.69 Å². The fraction of sp³-hybridized carbons (Fsp3) is 0.824. The van der Waals surface area contributed by atoms with Crippen LogP contribution in [-0.4, -0.2) is 25.1 Å². The van der Waals surface area contributed by atoms with Gasteiger partial charge in [-0.2, -0.15) is 0 Å². The van der Waals surface area contributed by atoms with Gasteiger partial charge in [-0.05, 0) is 50.0 Å². The van der Waals surface area contributed by atoms with Gasteiger partial charge >= 0.3 is 0 Å². The van der Waals surface area contributed by atoms with Crippen LogP contribution in [-0.2, 0) is 13.0 Å². The molecule has 2 saturated carbocycles. The summed E-state index contributed by atoms with van der Waals surface area (Å²) >= 11 is 1.89. The van der Waals surface area contributed by atoms with Crippen molar-refractivity contribution in [1.29, 1.82) is 0 Å². The van der Waals surface area contributed by atoms with Crippen molar-refractivity contribution in [2.45, 2.75) is 52.5 Å². The van der Waals surface area contributed by atoms with Crippen LogP contribution in [0.4, 0.5) is 5.13 Å². The summed E-state index contributed by atoms with van der Waals surface area (Å²) in [6.45, 7) is 7.58. The van der Waals surface area contributed by atoms with E-state index in [2.05, 4.69) is 31.1 Å². The van der Waals surface area contributed by atoms with Crippen LogP contribution in [0.25, 0.3) is 0 Å². The minimum absolute atomic E-state index is 0.917. The zero-order valence-corrected chi connectivity index (χ0v) is 14.5. The van der Waals surface area contributed by atoms with Crippen molar-refractivity contribution in [2.24, 2.45) is 17.8 Å². The Hall–Kier alpha value is -0.610. The molecule has 0 amide bonds. The molecule has 3 atom stereocenters. The van der Waals surface area contributed by atoms with Crippen LogP contribution in [0.15, 0.2) is 0 Å². The Kier molecular flexibility index (Phi) is 4.85. The number of rotatable bonds is 7. The number of fused-ring (bicyclic) bond motifs is 2. The van der Waals surface area contributed by atoms with Gasteiger partial charge in [0.15, 0.2) is 5.13 Å². The zero-order chi connectivity index (χ0) is 14.8. The Morgan fingerprint density at radius 2 is 2.14 bits per heavy atom. The molecule has 1 aromatic rings. The van der Waals surface area contributed by atoms with Crippen molar-refractivity contribution in [3.63, 3.8) is 0 Å². The van der Waals surface area contributed by atoms with Gasteiger partial charge in [-0.1, -0.05) is 20.3 Å². The average Bonchev–Trinajstić information content (AvgIpc) is 3.19. The highest BCUT2D eigenvalue weighted by molar-refractivity contribution is 7.15. The molecule has 4 heteroatoms. The van der Waals surface area contributed by atoms with Crippen LogP contribution in [0.1, 0.15) is 50.1 Å². The quantitative estimate of drug-likeness (QED) is 0.833. The first-order valence-corrected chi connectivity index (χ1v) is 9.43. The van der Waals surface area contributed by atoms with Crippen molar-refractivity contribution in [3.8, 4) is 0 Å². The molecule has 1 heterocycles. The van der Waals surface area contributed by atoms with Crippen LogP contribution in [0.2, 0.25) is 0 Å². The SMILES string of the molecule is CCNCc1sc(N(C)CC2CC3CCC2C3)nc1CC. The molecular formula is C17H29N3S. The Bertz CT molecular complexity index is 471. The minimum Gasteiger partial charge on any atom is -0.351 e. The highest BCUT2D eigenvalue weighted by atomic mass is 32.1. The highest BCUT2D eigenvalue weighted by Gasteiger charge is 2.39. The van der Waals surface area contributed by atoms with Gasteiger partial charge in [-0.3, -0.25) is 0 Å². The van der Waals surface area contributed by atoms with Crippen LogP contribution in [0.5, 0.6) is 0 Å². The van der Waals surface area contributed by atoms with E-state index in [1.807, 2.05) is 11.3 Å². The molecule has 0 spiro atoms. The van der Waals surface area contributed by atoms with Crippen LogP contribution in [0, 0.1) is 17.8 Å². The molecule has 0 radical (unpaired) electrons. The van der Waals surface area contributed by atoms with Crippen LogP contribution < -0.4 is 10.2 Å². The van der Waals surface area contributed by atoms with E-state index >= 15 is 0 Å². The van der Waals surface area contributed by atoms with E-state index in [0.29, 0.717) is 0 Å². The molecule has 2 bridgehead atoms. The summed E-state index contributed by atoms with van der Waals surface area (Å²) in [5.41, 5.74) is 1.29. The monoisotopic (exact) mass is 307 g/mol. The van der Waals surface area contributed by atoms with Crippen LogP contribution >= 0.6 is 11.3 Å². The van der Waals surface area contributed by atoms with Gasteiger partial charge < -0.3 is 10.2 Å². The summed E-state index contributed by atoms with van der Waals surface area (Å²) in [7, 11) is 2.24. The Labute approximate surface area is 133 Å². The maximum atomic E-state index is 4.89. The largest absolute Gasteiger partial charge is 0.351 e. The zero-order valence-electron chi connectivity index (χ0n) is 13.7. The smallest absolute Gasteiger partial charge is 0.185 e. The van der Waals surface area contributed by atoms with Gasteiger partial charge in [-0.15, -0.1) is 11.3 Å². The van der Waals surface area contributed by atoms with E-state index in [-0.39, 0.29) is 0 Å². The normalized spacial score (nSPS) is 27.5. The summed E-state index contributed by atoms with van der Waals surface area (Å²) in [5, 5.41) is 4.66. The van der Waals surface area contributed by atoms with E-state index in [9.17, 15) is 0 Å². The molecule has 21 heavy (non-hydrogen) atoms. The molecule has 2 fully saturated rings. The fourth-order valence-electron chi connectivity index (χ4n) is 4.22. The standard InChI is InChI=1S/C17H29N3S/c1-4-15-16(10-18-5-2)21-17(19-15)20(3)11-14-9-12-6-7-13(14)8-12/h12-14,18H,4-11H2,1-3H3. The van der Waals surface area contributed by atoms with Crippen molar-refractivity contribution in [3.05, 3.63) is 10.6 Å². The molecule has 0 aromatic carbocycles. The number of nitrogens with zero attached hydrogens (tertiary/aromatic N) is 2. The van der Waals surface area contributed by atoms with Gasteiger partial charge in [0, 0.05) is 25.0 Å².